The van der Waals surface area contributed by atoms with Crippen LogP contribution in [0, 0.1) is 13.8 Å². The molecule has 0 saturated heterocycles. The molecule has 5 heteroatoms. The second-order valence-electron chi connectivity index (χ2n) is 7.26. The number of carbonyl (C=O) groups is 2. The van der Waals surface area contributed by atoms with E-state index < -0.39 is 0 Å². The van der Waals surface area contributed by atoms with Crippen molar-refractivity contribution in [3.63, 3.8) is 0 Å². The molecule has 28 heavy (non-hydrogen) atoms. The van der Waals surface area contributed by atoms with Crippen molar-refractivity contribution in [2.75, 3.05) is 5.32 Å². The minimum absolute atomic E-state index is 0.0872. The van der Waals surface area contributed by atoms with Crippen LogP contribution in [0.2, 0.25) is 0 Å². The predicted octanol–water partition coefficient (Wildman–Crippen LogP) is 5.18. The maximum atomic E-state index is 12.7. The molecule has 0 aliphatic heterocycles. The first-order chi connectivity index (χ1) is 13.5. The fourth-order valence-electron chi connectivity index (χ4n) is 2.91. The molecule has 1 aromatic heterocycles. The van der Waals surface area contributed by atoms with Gasteiger partial charge in [0.1, 0.15) is 0 Å². The summed E-state index contributed by atoms with van der Waals surface area (Å²) in [5.41, 5.74) is 4.47. The quantitative estimate of drug-likeness (QED) is 0.631. The highest BCUT2D eigenvalue weighted by molar-refractivity contribution is 7.17. The van der Waals surface area contributed by atoms with Crippen molar-refractivity contribution >= 4 is 28.8 Å². The van der Waals surface area contributed by atoms with Gasteiger partial charge in [-0.2, -0.15) is 0 Å². The zero-order valence-corrected chi connectivity index (χ0v) is 16.7. The molecule has 1 aliphatic rings. The lowest BCUT2D eigenvalue weighted by molar-refractivity contribution is 0.0949. The average molecular weight is 391 g/mol. The van der Waals surface area contributed by atoms with Crippen molar-refractivity contribution in [3.8, 4) is 10.4 Å². The van der Waals surface area contributed by atoms with Gasteiger partial charge in [0.15, 0.2) is 0 Å². The van der Waals surface area contributed by atoms with Gasteiger partial charge in [-0.05, 0) is 62.1 Å². The van der Waals surface area contributed by atoms with Gasteiger partial charge in [0.2, 0.25) is 0 Å². The van der Waals surface area contributed by atoms with E-state index in [-0.39, 0.29) is 11.8 Å². The van der Waals surface area contributed by atoms with E-state index >= 15 is 0 Å². The summed E-state index contributed by atoms with van der Waals surface area (Å²) < 4.78 is 0. The fraction of sp³-hybridized carbons (Fsp3) is 0.217. The number of hydrogen-bond donors (Lipinski definition) is 2. The zero-order chi connectivity index (χ0) is 19.7. The molecule has 0 unspecified atom stereocenters. The molecule has 142 valence electrons. The Bertz CT molecular complexity index is 1030. The summed E-state index contributed by atoms with van der Waals surface area (Å²) in [7, 11) is 0. The zero-order valence-electron chi connectivity index (χ0n) is 15.9. The number of thiophene rings is 1. The molecular weight excluding hydrogens is 368 g/mol. The molecule has 0 atom stereocenters. The van der Waals surface area contributed by atoms with Crippen molar-refractivity contribution in [1.29, 1.82) is 0 Å². The Morgan fingerprint density at radius 2 is 1.68 bits per heavy atom. The van der Waals surface area contributed by atoms with Crippen LogP contribution < -0.4 is 10.6 Å². The first-order valence-electron chi connectivity index (χ1n) is 9.39. The van der Waals surface area contributed by atoms with Crippen LogP contribution in [-0.4, -0.2) is 17.9 Å². The Labute approximate surface area is 168 Å². The van der Waals surface area contributed by atoms with Crippen LogP contribution >= 0.6 is 11.3 Å². The van der Waals surface area contributed by atoms with Gasteiger partial charge in [-0.1, -0.05) is 35.9 Å². The normalized spacial score (nSPS) is 13.2. The number of nitrogens with one attached hydrogen (secondary N) is 2. The van der Waals surface area contributed by atoms with Crippen molar-refractivity contribution in [3.05, 3.63) is 76.2 Å². The smallest absolute Gasteiger partial charge is 0.265 e. The van der Waals surface area contributed by atoms with Crippen LogP contribution in [0.25, 0.3) is 10.4 Å². The number of benzene rings is 2. The van der Waals surface area contributed by atoms with Gasteiger partial charge in [-0.15, -0.1) is 11.3 Å². The first kappa shape index (κ1) is 18.4. The van der Waals surface area contributed by atoms with E-state index in [9.17, 15) is 9.59 Å². The van der Waals surface area contributed by atoms with Crippen LogP contribution in [-0.2, 0) is 0 Å². The molecule has 2 amide bonds. The number of anilines is 1. The summed E-state index contributed by atoms with van der Waals surface area (Å²) in [6, 6.07) is 17.8. The number of hydrogen-bond acceptors (Lipinski definition) is 3. The Hall–Kier alpha value is -2.92. The lowest BCUT2D eigenvalue weighted by Crippen LogP contribution is -2.25. The molecule has 0 bridgehead atoms. The first-order valence-corrected chi connectivity index (χ1v) is 10.2. The molecule has 2 aromatic carbocycles. The molecule has 1 saturated carbocycles. The summed E-state index contributed by atoms with van der Waals surface area (Å²) in [4.78, 5) is 26.7. The van der Waals surface area contributed by atoms with Crippen molar-refractivity contribution < 1.29 is 9.59 Å². The third kappa shape index (κ3) is 4.15. The number of amides is 2. The van der Waals surface area contributed by atoms with E-state index in [1.807, 2.05) is 25.1 Å². The van der Waals surface area contributed by atoms with Gasteiger partial charge < -0.3 is 10.6 Å². The third-order valence-electron chi connectivity index (χ3n) is 4.83. The Kier molecular flexibility index (Phi) is 5.01. The van der Waals surface area contributed by atoms with Crippen LogP contribution in [0.5, 0.6) is 0 Å². The topological polar surface area (TPSA) is 58.2 Å². The third-order valence-corrected chi connectivity index (χ3v) is 5.96. The van der Waals surface area contributed by atoms with Crippen molar-refractivity contribution in [2.45, 2.75) is 32.7 Å². The molecule has 0 spiro atoms. The van der Waals surface area contributed by atoms with Crippen LogP contribution in [0.4, 0.5) is 5.69 Å². The highest BCUT2D eigenvalue weighted by atomic mass is 32.1. The molecule has 1 aliphatic carbocycles. The second kappa shape index (κ2) is 7.60. The van der Waals surface area contributed by atoms with Crippen LogP contribution in [0.3, 0.4) is 0 Å². The van der Waals surface area contributed by atoms with E-state index in [4.69, 9.17) is 0 Å². The van der Waals surface area contributed by atoms with Gasteiger partial charge in [0.25, 0.3) is 11.8 Å². The monoisotopic (exact) mass is 390 g/mol. The number of rotatable bonds is 5. The van der Waals surface area contributed by atoms with Gasteiger partial charge in [-0.25, -0.2) is 0 Å². The lowest BCUT2D eigenvalue weighted by Gasteiger charge is -2.10. The molecule has 2 N–H and O–H groups in total. The molecule has 3 aromatic rings. The standard InChI is InChI=1S/C23H22N2O2S/c1-14-3-6-16(7-4-14)20-11-12-21(28-20)23(27)25-19-13-17(8-5-15(19)2)22(26)24-18-9-10-18/h3-8,11-13,18H,9-10H2,1-2H3,(H,24,26)(H,25,27). The fourth-order valence-corrected chi connectivity index (χ4v) is 3.82. The summed E-state index contributed by atoms with van der Waals surface area (Å²) in [5, 5.41) is 5.93. The molecule has 4 rings (SSSR count). The Morgan fingerprint density at radius 3 is 2.39 bits per heavy atom. The van der Waals surface area contributed by atoms with Gasteiger partial charge >= 0.3 is 0 Å². The minimum Gasteiger partial charge on any atom is -0.349 e. The average Bonchev–Trinajstić information content (AvgIpc) is 3.35. The second-order valence-corrected chi connectivity index (χ2v) is 8.35. The lowest BCUT2D eigenvalue weighted by atomic mass is 10.1. The van der Waals surface area contributed by atoms with E-state index in [2.05, 4.69) is 41.8 Å². The van der Waals surface area contributed by atoms with E-state index in [1.165, 1.54) is 16.9 Å². The summed E-state index contributed by atoms with van der Waals surface area (Å²) in [6.45, 7) is 3.97. The van der Waals surface area contributed by atoms with E-state index in [0.29, 0.717) is 22.2 Å². The molecular formula is C23H22N2O2S. The Morgan fingerprint density at radius 1 is 0.929 bits per heavy atom. The summed E-state index contributed by atoms with van der Waals surface area (Å²) >= 11 is 1.46. The summed E-state index contributed by atoms with van der Waals surface area (Å²) in [5.74, 6) is -0.248. The van der Waals surface area contributed by atoms with Crippen LogP contribution in [0.1, 0.15) is 44.0 Å². The number of aryl methyl sites for hydroxylation is 2. The van der Waals surface area contributed by atoms with E-state index in [1.54, 1.807) is 12.1 Å². The molecule has 1 fully saturated rings. The maximum Gasteiger partial charge on any atom is 0.265 e. The largest absolute Gasteiger partial charge is 0.349 e. The summed E-state index contributed by atoms with van der Waals surface area (Å²) in [6.07, 6.45) is 2.09. The highest BCUT2D eigenvalue weighted by Gasteiger charge is 2.24. The number of carbonyl (C=O) groups excluding carboxylic acids is 2. The Balaban J connectivity index is 1.50. The highest BCUT2D eigenvalue weighted by Crippen LogP contribution is 2.29. The van der Waals surface area contributed by atoms with Gasteiger partial charge in [0, 0.05) is 22.2 Å². The predicted molar refractivity (Wildman–Crippen MR) is 114 cm³/mol. The molecule has 4 nitrogen and oxygen atoms in total. The molecule has 0 radical (unpaired) electrons. The van der Waals surface area contributed by atoms with E-state index in [0.717, 1.165) is 28.8 Å². The van der Waals surface area contributed by atoms with Gasteiger partial charge in [0.05, 0.1) is 4.88 Å². The molecule has 1 heterocycles. The SMILES string of the molecule is Cc1ccc(-c2ccc(C(=O)Nc3cc(C(=O)NC4CC4)ccc3C)s2)cc1. The van der Waals surface area contributed by atoms with Gasteiger partial charge in [-0.3, -0.25) is 9.59 Å². The maximum absolute atomic E-state index is 12.7. The van der Waals surface area contributed by atoms with Crippen molar-refractivity contribution in [2.24, 2.45) is 0 Å². The van der Waals surface area contributed by atoms with Crippen LogP contribution in [0.15, 0.2) is 54.6 Å². The minimum atomic E-state index is -0.161. The van der Waals surface area contributed by atoms with Crippen molar-refractivity contribution in [1.82, 2.24) is 5.32 Å².